The molecule has 0 aliphatic carbocycles. The number of amides is 1. The van der Waals surface area contributed by atoms with Gasteiger partial charge in [0, 0.05) is 25.8 Å². The first kappa shape index (κ1) is 19.6. The number of methoxy groups -OCH3 is 1. The third-order valence-corrected chi connectivity index (χ3v) is 4.88. The Morgan fingerprint density at radius 2 is 2.22 bits per heavy atom. The number of halogens is 1. The Bertz CT molecular complexity index is 782. The molecule has 0 bridgehead atoms. The number of nitrogens with zero attached hydrogens (tertiary/aromatic N) is 5. The Hall–Kier alpha value is -2.19. The summed E-state index contributed by atoms with van der Waals surface area (Å²) in [5.41, 5.74) is 0.966. The molecule has 1 fully saturated rings. The van der Waals surface area contributed by atoms with E-state index in [-0.39, 0.29) is 12.0 Å². The number of ether oxygens (including phenoxy) is 2. The van der Waals surface area contributed by atoms with Gasteiger partial charge < -0.3 is 14.4 Å². The van der Waals surface area contributed by atoms with Crippen LogP contribution in [0.25, 0.3) is 5.69 Å². The molecule has 2 aromatic rings. The van der Waals surface area contributed by atoms with Gasteiger partial charge in [0.1, 0.15) is 12.1 Å². The number of hydrogen-bond acceptors (Lipinski definition) is 6. The van der Waals surface area contributed by atoms with E-state index in [4.69, 9.17) is 21.1 Å². The van der Waals surface area contributed by atoms with Gasteiger partial charge in [-0.15, -0.1) is 5.10 Å². The highest BCUT2D eigenvalue weighted by Gasteiger charge is 2.29. The molecule has 1 atom stereocenters. The van der Waals surface area contributed by atoms with Crippen molar-refractivity contribution in [1.82, 2.24) is 25.1 Å². The van der Waals surface area contributed by atoms with Crippen molar-refractivity contribution < 1.29 is 14.3 Å². The number of rotatable bonds is 7. The second-order valence-corrected chi connectivity index (χ2v) is 7.38. The predicted molar refractivity (Wildman–Crippen MR) is 100 cm³/mol. The third kappa shape index (κ3) is 4.56. The van der Waals surface area contributed by atoms with E-state index in [1.54, 1.807) is 17.0 Å². The zero-order valence-corrected chi connectivity index (χ0v) is 16.5. The standard InChI is InChI=1S/C18H24ClN5O3/c1-12(2)5-7-27-13-4-6-23(10-13)18(25)14-8-15(19)16(9-17(14)26-3)24-11-20-21-22-24/h8-9,11-13H,4-7,10H2,1-3H3/t13-/m1/s1. The van der Waals surface area contributed by atoms with Gasteiger partial charge in [-0.1, -0.05) is 25.4 Å². The van der Waals surface area contributed by atoms with Gasteiger partial charge in [-0.3, -0.25) is 4.79 Å². The number of benzene rings is 1. The van der Waals surface area contributed by atoms with Crippen LogP contribution in [0.3, 0.4) is 0 Å². The van der Waals surface area contributed by atoms with Crippen molar-refractivity contribution in [2.24, 2.45) is 5.92 Å². The molecule has 8 nitrogen and oxygen atoms in total. The highest BCUT2D eigenvalue weighted by Crippen LogP contribution is 2.31. The van der Waals surface area contributed by atoms with Crippen LogP contribution in [0, 0.1) is 5.92 Å². The van der Waals surface area contributed by atoms with E-state index in [0.717, 1.165) is 19.4 Å². The lowest BCUT2D eigenvalue weighted by atomic mass is 10.1. The Morgan fingerprint density at radius 1 is 1.41 bits per heavy atom. The fourth-order valence-electron chi connectivity index (χ4n) is 3.02. The second kappa shape index (κ2) is 8.67. The first-order valence-corrected chi connectivity index (χ1v) is 9.39. The minimum Gasteiger partial charge on any atom is -0.496 e. The van der Waals surface area contributed by atoms with Crippen LogP contribution in [0.1, 0.15) is 37.0 Å². The van der Waals surface area contributed by atoms with E-state index in [1.165, 1.54) is 18.1 Å². The van der Waals surface area contributed by atoms with Crippen LogP contribution in [-0.4, -0.2) is 63.9 Å². The minimum atomic E-state index is -0.119. The summed E-state index contributed by atoms with van der Waals surface area (Å²) in [6.45, 7) is 6.29. The highest BCUT2D eigenvalue weighted by molar-refractivity contribution is 6.33. The van der Waals surface area contributed by atoms with Crippen LogP contribution in [0.4, 0.5) is 0 Å². The molecular formula is C18H24ClN5O3. The van der Waals surface area contributed by atoms with E-state index in [1.807, 2.05) is 0 Å². The predicted octanol–water partition coefficient (Wildman–Crippen LogP) is 2.60. The molecule has 1 saturated heterocycles. The summed E-state index contributed by atoms with van der Waals surface area (Å²) in [6.07, 6.45) is 3.37. The van der Waals surface area contributed by atoms with Crippen molar-refractivity contribution in [1.29, 1.82) is 0 Å². The molecule has 1 aromatic heterocycles. The van der Waals surface area contributed by atoms with Gasteiger partial charge in [-0.25, -0.2) is 0 Å². The molecule has 1 aliphatic rings. The minimum absolute atomic E-state index is 0.0784. The van der Waals surface area contributed by atoms with E-state index >= 15 is 0 Å². The molecule has 2 heterocycles. The Balaban J connectivity index is 1.72. The maximum Gasteiger partial charge on any atom is 0.257 e. The van der Waals surface area contributed by atoms with E-state index in [2.05, 4.69) is 29.4 Å². The summed E-state index contributed by atoms with van der Waals surface area (Å²) in [5, 5.41) is 11.4. The van der Waals surface area contributed by atoms with Crippen LogP contribution in [0.2, 0.25) is 5.02 Å². The first-order valence-electron chi connectivity index (χ1n) is 9.01. The molecular weight excluding hydrogens is 370 g/mol. The van der Waals surface area contributed by atoms with Crippen LogP contribution in [0.15, 0.2) is 18.5 Å². The maximum absolute atomic E-state index is 13.0. The van der Waals surface area contributed by atoms with Crippen molar-refractivity contribution in [2.75, 3.05) is 26.8 Å². The number of likely N-dealkylation sites (tertiary alicyclic amines) is 1. The van der Waals surface area contributed by atoms with Crippen molar-refractivity contribution in [3.63, 3.8) is 0 Å². The second-order valence-electron chi connectivity index (χ2n) is 6.97. The topological polar surface area (TPSA) is 82.4 Å². The zero-order valence-electron chi connectivity index (χ0n) is 15.8. The smallest absolute Gasteiger partial charge is 0.257 e. The first-order chi connectivity index (χ1) is 13.0. The quantitative estimate of drug-likeness (QED) is 0.719. The summed E-state index contributed by atoms with van der Waals surface area (Å²) >= 11 is 6.36. The summed E-state index contributed by atoms with van der Waals surface area (Å²) in [4.78, 5) is 14.8. The average Bonchev–Trinajstić information content (AvgIpc) is 3.32. The van der Waals surface area contributed by atoms with Crippen molar-refractivity contribution in [2.45, 2.75) is 32.8 Å². The number of carbonyl (C=O) groups excluding carboxylic acids is 1. The van der Waals surface area contributed by atoms with Gasteiger partial charge in [-0.2, -0.15) is 4.68 Å². The molecule has 1 aromatic carbocycles. The number of tetrazole rings is 1. The van der Waals surface area contributed by atoms with Gasteiger partial charge in [-0.05, 0) is 35.3 Å². The average molecular weight is 394 g/mol. The molecule has 9 heteroatoms. The Morgan fingerprint density at radius 3 is 2.89 bits per heavy atom. The third-order valence-electron chi connectivity index (χ3n) is 4.58. The molecule has 1 aliphatic heterocycles. The lowest BCUT2D eigenvalue weighted by Crippen LogP contribution is -2.30. The largest absolute Gasteiger partial charge is 0.496 e. The number of aromatic nitrogens is 4. The van der Waals surface area contributed by atoms with Gasteiger partial charge in [0.25, 0.3) is 5.91 Å². The van der Waals surface area contributed by atoms with Crippen LogP contribution in [0.5, 0.6) is 5.75 Å². The Labute approximate surface area is 163 Å². The van der Waals surface area contributed by atoms with Crippen LogP contribution < -0.4 is 4.74 Å². The van der Waals surface area contributed by atoms with E-state index in [0.29, 0.717) is 41.0 Å². The monoisotopic (exact) mass is 393 g/mol. The fraction of sp³-hybridized carbons (Fsp3) is 0.556. The zero-order chi connectivity index (χ0) is 19.4. The molecule has 0 unspecified atom stereocenters. The van der Waals surface area contributed by atoms with E-state index < -0.39 is 0 Å². The SMILES string of the molecule is COc1cc(-n2cnnn2)c(Cl)cc1C(=O)N1CC[C@@H](OCCC(C)C)C1. The molecule has 27 heavy (non-hydrogen) atoms. The molecule has 0 spiro atoms. The van der Waals surface area contributed by atoms with Gasteiger partial charge in [0.15, 0.2) is 0 Å². The fourth-order valence-corrected chi connectivity index (χ4v) is 3.27. The van der Waals surface area contributed by atoms with Gasteiger partial charge >= 0.3 is 0 Å². The van der Waals surface area contributed by atoms with Crippen LogP contribution >= 0.6 is 11.6 Å². The van der Waals surface area contributed by atoms with Crippen molar-refractivity contribution in [3.8, 4) is 11.4 Å². The molecule has 146 valence electrons. The summed E-state index contributed by atoms with van der Waals surface area (Å²) in [5.74, 6) is 0.917. The normalized spacial score (nSPS) is 16.9. The Kier molecular flexibility index (Phi) is 6.28. The van der Waals surface area contributed by atoms with Crippen LogP contribution in [-0.2, 0) is 4.74 Å². The number of hydrogen-bond donors (Lipinski definition) is 0. The molecule has 3 rings (SSSR count). The lowest BCUT2D eigenvalue weighted by Gasteiger charge is -2.19. The maximum atomic E-state index is 13.0. The summed E-state index contributed by atoms with van der Waals surface area (Å²) in [6, 6.07) is 3.27. The van der Waals surface area contributed by atoms with Gasteiger partial charge in [0.2, 0.25) is 0 Å². The molecule has 0 saturated carbocycles. The van der Waals surface area contributed by atoms with E-state index in [9.17, 15) is 4.79 Å². The lowest BCUT2D eigenvalue weighted by molar-refractivity contribution is 0.0483. The van der Waals surface area contributed by atoms with Crippen molar-refractivity contribution >= 4 is 17.5 Å². The molecule has 0 N–H and O–H groups in total. The summed E-state index contributed by atoms with van der Waals surface area (Å²) < 4.78 is 12.7. The van der Waals surface area contributed by atoms with Crippen molar-refractivity contribution in [3.05, 3.63) is 29.0 Å². The molecule has 1 amide bonds. The van der Waals surface area contributed by atoms with Gasteiger partial charge in [0.05, 0.1) is 29.5 Å². The molecule has 0 radical (unpaired) electrons. The summed E-state index contributed by atoms with van der Waals surface area (Å²) in [7, 11) is 1.52. The number of carbonyl (C=O) groups is 1. The highest BCUT2D eigenvalue weighted by atomic mass is 35.5.